The first-order valence-electron chi connectivity index (χ1n) is 8.32. The minimum atomic E-state index is 0.304. The number of methoxy groups -OCH3 is 1. The lowest BCUT2D eigenvalue weighted by atomic mass is 10.1. The van der Waals surface area contributed by atoms with Gasteiger partial charge in [0.05, 0.1) is 12.3 Å². The van der Waals surface area contributed by atoms with Crippen molar-refractivity contribution in [2.45, 2.75) is 19.4 Å². The Labute approximate surface area is 142 Å². The molecule has 24 heavy (non-hydrogen) atoms. The van der Waals surface area contributed by atoms with Crippen molar-refractivity contribution < 1.29 is 4.74 Å². The Bertz CT molecular complexity index is 804. The molecule has 0 unspecified atom stereocenters. The van der Waals surface area contributed by atoms with Crippen LogP contribution in [0, 0.1) is 5.41 Å². The van der Waals surface area contributed by atoms with Gasteiger partial charge in [-0.25, -0.2) is 4.98 Å². The van der Waals surface area contributed by atoms with Crippen molar-refractivity contribution in [3.63, 3.8) is 0 Å². The van der Waals surface area contributed by atoms with Gasteiger partial charge < -0.3 is 9.30 Å². The Morgan fingerprint density at radius 1 is 1.00 bits per heavy atom. The highest BCUT2D eigenvalue weighted by atomic mass is 16.5. The van der Waals surface area contributed by atoms with Crippen LogP contribution in [0.2, 0.25) is 0 Å². The Morgan fingerprint density at radius 3 is 2.46 bits per heavy atom. The van der Waals surface area contributed by atoms with Gasteiger partial charge in [0.2, 0.25) is 0 Å². The van der Waals surface area contributed by atoms with E-state index in [1.54, 1.807) is 7.11 Å². The van der Waals surface area contributed by atoms with Gasteiger partial charge in [0, 0.05) is 48.8 Å². The predicted octanol–water partition coefficient (Wildman–Crippen LogP) is 4.04. The molecule has 1 aliphatic rings. The summed E-state index contributed by atoms with van der Waals surface area (Å²) in [6, 6.07) is 14.4. The number of rotatable bonds is 6. The Balaban J connectivity index is 1.58. The van der Waals surface area contributed by atoms with Crippen LogP contribution in [0.3, 0.4) is 0 Å². The molecule has 2 aromatic heterocycles. The summed E-state index contributed by atoms with van der Waals surface area (Å²) in [4.78, 5) is 8.97. The number of pyridine rings is 1. The van der Waals surface area contributed by atoms with Gasteiger partial charge >= 0.3 is 0 Å². The first kappa shape index (κ1) is 15.1. The standard InChI is InChI=1S/C20H21N3O/c1-24-15-20(9-10-20)14-23-13-12-22-19(23)17-7-5-16(6-8-17)18-4-2-3-11-21-18/h2-8,11-13H,9-10,14-15H2,1H3. The van der Waals surface area contributed by atoms with E-state index in [1.165, 1.54) is 12.8 Å². The quantitative estimate of drug-likeness (QED) is 0.688. The fourth-order valence-corrected chi connectivity index (χ4v) is 3.21. The van der Waals surface area contributed by atoms with Gasteiger partial charge in [-0.3, -0.25) is 4.98 Å². The molecule has 0 atom stereocenters. The summed E-state index contributed by atoms with van der Waals surface area (Å²) in [5.41, 5.74) is 3.55. The smallest absolute Gasteiger partial charge is 0.139 e. The molecule has 0 saturated heterocycles. The van der Waals surface area contributed by atoms with Gasteiger partial charge in [-0.2, -0.15) is 0 Å². The summed E-state index contributed by atoms with van der Waals surface area (Å²) in [5.74, 6) is 1.02. The molecule has 1 saturated carbocycles. The van der Waals surface area contributed by atoms with Crippen molar-refractivity contribution in [1.82, 2.24) is 14.5 Å². The third kappa shape index (κ3) is 2.97. The van der Waals surface area contributed by atoms with Gasteiger partial charge in [-0.1, -0.05) is 30.3 Å². The molecule has 0 N–H and O–H groups in total. The highest BCUT2D eigenvalue weighted by Crippen LogP contribution is 2.47. The van der Waals surface area contributed by atoms with Crippen LogP contribution >= 0.6 is 0 Å². The second-order valence-electron chi connectivity index (χ2n) is 6.60. The first-order chi connectivity index (χ1) is 11.8. The summed E-state index contributed by atoms with van der Waals surface area (Å²) in [7, 11) is 1.78. The lowest BCUT2D eigenvalue weighted by molar-refractivity contribution is 0.131. The summed E-state index contributed by atoms with van der Waals surface area (Å²) in [6.45, 7) is 1.79. The molecule has 0 amide bonds. The molecule has 0 spiro atoms. The molecule has 4 heteroatoms. The van der Waals surface area contributed by atoms with E-state index in [9.17, 15) is 0 Å². The van der Waals surface area contributed by atoms with Crippen molar-refractivity contribution in [2.24, 2.45) is 5.41 Å². The van der Waals surface area contributed by atoms with Crippen LogP contribution in [-0.2, 0) is 11.3 Å². The van der Waals surface area contributed by atoms with Crippen LogP contribution in [0.25, 0.3) is 22.6 Å². The number of benzene rings is 1. The highest BCUT2D eigenvalue weighted by molar-refractivity contribution is 5.65. The lowest BCUT2D eigenvalue weighted by Gasteiger charge is -2.16. The summed E-state index contributed by atoms with van der Waals surface area (Å²) >= 11 is 0. The number of hydrogen-bond donors (Lipinski definition) is 0. The van der Waals surface area contributed by atoms with E-state index >= 15 is 0 Å². The average Bonchev–Trinajstić information content (AvgIpc) is 3.23. The zero-order chi connectivity index (χ0) is 16.4. The van der Waals surface area contributed by atoms with Crippen LogP contribution < -0.4 is 0 Å². The summed E-state index contributed by atoms with van der Waals surface area (Å²) in [6.07, 6.45) is 8.23. The molecule has 2 heterocycles. The Kier molecular flexibility index (Phi) is 3.90. The number of imidazole rings is 1. The van der Waals surface area contributed by atoms with E-state index in [-0.39, 0.29) is 0 Å². The second-order valence-corrected chi connectivity index (χ2v) is 6.60. The molecule has 3 aromatic rings. The minimum absolute atomic E-state index is 0.304. The molecule has 1 fully saturated rings. The Morgan fingerprint density at radius 2 is 1.79 bits per heavy atom. The lowest BCUT2D eigenvalue weighted by Crippen LogP contribution is -2.17. The largest absolute Gasteiger partial charge is 0.384 e. The number of hydrogen-bond acceptors (Lipinski definition) is 3. The fraction of sp³-hybridized carbons (Fsp3) is 0.300. The number of ether oxygens (including phenoxy) is 1. The van der Waals surface area contributed by atoms with Crippen LogP contribution in [-0.4, -0.2) is 28.3 Å². The molecule has 122 valence electrons. The van der Waals surface area contributed by atoms with Crippen LogP contribution in [0.15, 0.2) is 61.1 Å². The zero-order valence-corrected chi connectivity index (χ0v) is 13.9. The number of nitrogens with zero attached hydrogens (tertiary/aromatic N) is 3. The fourth-order valence-electron chi connectivity index (χ4n) is 3.21. The third-order valence-electron chi connectivity index (χ3n) is 4.73. The molecule has 0 radical (unpaired) electrons. The minimum Gasteiger partial charge on any atom is -0.384 e. The molecule has 0 aliphatic heterocycles. The zero-order valence-electron chi connectivity index (χ0n) is 13.9. The van der Waals surface area contributed by atoms with Gasteiger partial charge in [-0.05, 0) is 25.0 Å². The van der Waals surface area contributed by atoms with Gasteiger partial charge in [-0.15, -0.1) is 0 Å². The maximum atomic E-state index is 5.39. The van der Waals surface area contributed by atoms with E-state index in [1.807, 2.05) is 30.6 Å². The van der Waals surface area contributed by atoms with Crippen molar-refractivity contribution in [3.05, 3.63) is 61.1 Å². The SMILES string of the molecule is COCC1(Cn2ccnc2-c2ccc(-c3ccccn3)cc2)CC1. The van der Waals surface area contributed by atoms with Gasteiger partial charge in [0.15, 0.2) is 0 Å². The van der Waals surface area contributed by atoms with E-state index in [2.05, 4.69) is 45.0 Å². The monoisotopic (exact) mass is 319 g/mol. The van der Waals surface area contributed by atoms with E-state index in [0.717, 1.165) is 35.8 Å². The molecular formula is C20H21N3O. The van der Waals surface area contributed by atoms with Crippen molar-refractivity contribution in [2.75, 3.05) is 13.7 Å². The topological polar surface area (TPSA) is 39.9 Å². The molecule has 1 aliphatic carbocycles. The average molecular weight is 319 g/mol. The van der Waals surface area contributed by atoms with E-state index in [0.29, 0.717) is 5.41 Å². The van der Waals surface area contributed by atoms with E-state index in [4.69, 9.17) is 4.74 Å². The van der Waals surface area contributed by atoms with Gasteiger partial charge in [0.1, 0.15) is 5.82 Å². The van der Waals surface area contributed by atoms with Crippen molar-refractivity contribution >= 4 is 0 Å². The molecule has 1 aromatic carbocycles. The van der Waals surface area contributed by atoms with Crippen LogP contribution in [0.4, 0.5) is 0 Å². The van der Waals surface area contributed by atoms with Gasteiger partial charge in [0.25, 0.3) is 0 Å². The third-order valence-corrected chi connectivity index (χ3v) is 4.73. The normalized spacial score (nSPS) is 15.4. The first-order valence-corrected chi connectivity index (χ1v) is 8.32. The maximum Gasteiger partial charge on any atom is 0.139 e. The molecule has 4 rings (SSSR count). The Hall–Kier alpha value is -2.46. The van der Waals surface area contributed by atoms with E-state index < -0.39 is 0 Å². The summed E-state index contributed by atoms with van der Waals surface area (Å²) in [5, 5.41) is 0. The van der Waals surface area contributed by atoms with Crippen molar-refractivity contribution in [3.8, 4) is 22.6 Å². The predicted molar refractivity (Wildman–Crippen MR) is 94.4 cm³/mol. The number of aromatic nitrogens is 3. The van der Waals surface area contributed by atoms with Crippen LogP contribution in [0.1, 0.15) is 12.8 Å². The summed E-state index contributed by atoms with van der Waals surface area (Å²) < 4.78 is 7.64. The van der Waals surface area contributed by atoms with Crippen LogP contribution in [0.5, 0.6) is 0 Å². The molecule has 4 nitrogen and oxygen atoms in total. The molecule has 0 bridgehead atoms. The highest BCUT2D eigenvalue weighted by Gasteiger charge is 2.43. The van der Waals surface area contributed by atoms with Crippen molar-refractivity contribution in [1.29, 1.82) is 0 Å². The maximum absolute atomic E-state index is 5.39. The second kappa shape index (κ2) is 6.21. The molecular weight excluding hydrogens is 298 g/mol.